The Morgan fingerprint density at radius 3 is 1.85 bits per heavy atom. The molecule has 0 spiro atoms. The lowest BCUT2D eigenvalue weighted by molar-refractivity contribution is -0.116. The van der Waals surface area contributed by atoms with Gasteiger partial charge in [0.15, 0.2) is 0 Å². The van der Waals surface area contributed by atoms with Crippen LogP contribution < -0.4 is 14.8 Å². The van der Waals surface area contributed by atoms with Gasteiger partial charge in [0.05, 0.1) is 0 Å². The molecule has 0 unspecified atom stereocenters. The summed E-state index contributed by atoms with van der Waals surface area (Å²) in [7, 11) is -5.75. The highest BCUT2D eigenvalue weighted by atomic mass is 35.5. The molecule has 0 radical (unpaired) electrons. The highest BCUT2D eigenvalue weighted by Gasteiger charge is 2.27. The molecule has 1 aromatic carbocycles. The summed E-state index contributed by atoms with van der Waals surface area (Å²) in [6, 6.07) is 6.40. The first-order valence-electron chi connectivity index (χ1n) is 7.21. The number of anilines is 1. The number of amides is 1. The Morgan fingerprint density at radius 1 is 0.962 bits per heavy atom. The van der Waals surface area contributed by atoms with E-state index in [9.17, 15) is 21.6 Å². The fourth-order valence-electron chi connectivity index (χ4n) is 2.08. The van der Waals surface area contributed by atoms with Gasteiger partial charge in [-0.25, -0.2) is 26.3 Å². The van der Waals surface area contributed by atoms with Gasteiger partial charge < -0.3 is 9.88 Å². The van der Waals surface area contributed by atoms with Crippen LogP contribution in [0, 0.1) is 0 Å². The smallest absolute Gasteiger partial charge is 0.244 e. The van der Waals surface area contributed by atoms with Gasteiger partial charge in [-0.3, -0.25) is 4.79 Å². The molecule has 3 N–H and O–H groups in total. The second kappa shape index (κ2) is 7.76. The molecule has 2 aromatic rings. The van der Waals surface area contributed by atoms with Gasteiger partial charge in [-0.1, -0.05) is 11.6 Å². The maximum atomic E-state index is 12.1. The van der Waals surface area contributed by atoms with Gasteiger partial charge >= 0.3 is 0 Å². The van der Waals surface area contributed by atoms with Gasteiger partial charge in [0.1, 0.15) is 16.3 Å². The van der Waals surface area contributed by atoms with E-state index in [0.29, 0.717) is 10.7 Å². The molecule has 1 amide bonds. The molecule has 2 rings (SSSR count). The third-order valence-electron chi connectivity index (χ3n) is 3.38. The van der Waals surface area contributed by atoms with E-state index >= 15 is 0 Å². The minimum Gasteiger partial charge on any atom is -0.342 e. The Labute approximate surface area is 156 Å². The Hall–Kier alpha value is -1.92. The summed E-state index contributed by atoms with van der Waals surface area (Å²) < 4.78 is 53.6. The summed E-state index contributed by atoms with van der Waals surface area (Å²) in [4.78, 5) is 11.2. The van der Waals surface area contributed by atoms with Crippen molar-refractivity contribution in [3.63, 3.8) is 0 Å². The van der Waals surface area contributed by atoms with Crippen molar-refractivity contribution in [3.05, 3.63) is 41.7 Å². The molecule has 0 aliphatic carbocycles. The molecule has 26 heavy (non-hydrogen) atoms. The van der Waals surface area contributed by atoms with Crippen molar-refractivity contribution < 1.29 is 21.6 Å². The number of carbonyl (C=O) groups is 1. The third-order valence-corrected chi connectivity index (χ3v) is 6.64. The molecule has 9 nitrogen and oxygen atoms in total. The van der Waals surface area contributed by atoms with Crippen molar-refractivity contribution in [2.45, 2.75) is 16.3 Å². The van der Waals surface area contributed by atoms with Crippen LogP contribution >= 0.6 is 11.6 Å². The van der Waals surface area contributed by atoms with E-state index in [1.807, 2.05) is 0 Å². The van der Waals surface area contributed by atoms with Crippen LogP contribution in [0.3, 0.4) is 0 Å². The summed E-state index contributed by atoms with van der Waals surface area (Å²) in [6.07, 6.45) is 2.16. The maximum absolute atomic E-state index is 12.1. The number of hydrogen-bond acceptors (Lipinski definition) is 5. The van der Waals surface area contributed by atoms with E-state index in [1.165, 1.54) is 4.57 Å². The molecule has 0 saturated carbocycles. The number of benzene rings is 1. The summed E-state index contributed by atoms with van der Waals surface area (Å²) in [6.45, 7) is -0.284. The summed E-state index contributed by atoms with van der Waals surface area (Å²) >= 11 is 5.77. The van der Waals surface area contributed by atoms with Crippen molar-refractivity contribution in [1.29, 1.82) is 0 Å². The fraction of sp³-hybridized carbons (Fsp3) is 0.214. The van der Waals surface area contributed by atoms with Gasteiger partial charge in [-0.2, -0.15) is 0 Å². The number of rotatable bonds is 7. The Morgan fingerprint density at radius 2 is 1.42 bits per heavy atom. The molecule has 0 bridgehead atoms. The number of hydrogen-bond donors (Lipinski definition) is 3. The molecule has 0 fully saturated rings. The van der Waals surface area contributed by atoms with Gasteiger partial charge in [-0.15, -0.1) is 0 Å². The normalized spacial score (nSPS) is 12.1. The monoisotopic (exact) mass is 420 g/mol. The number of carbonyl (C=O) groups excluding carboxylic acids is 1. The molecule has 0 aliphatic rings. The van der Waals surface area contributed by atoms with E-state index in [-0.39, 0.29) is 6.54 Å². The van der Waals surface area contributed by atoms with Gasteiger partial charge in [0, 0.05) is 23.1 Å². The van der Waals surface area contributed by atoms with Crippen LogP contribution in [0.4, 0.5) is 5.69 Å². The quantitative estimate of drug-likeness (QED) is 0.604. The zero-order valence-corrected chi connectivity index (χ0v) is 16.2. The van der Waals surface area contributed by atoms with Crippen LogP contribution in [0.5, 0.6) is 0 Å². The van der Waals surface area contributed by atoms with Crippen LogP contribution in [0.2, 0.25) is 5.02 Å². The zero-order valence-electron chi connectivity index (χ0n) is 13.9. The average molecular weight is 421 g/mol. The van der Waals surface area contributed by atoms with E-state index in [0.717, 1.165) is 26.5 Å². The summed E-state index contributed by atoms with van der Waals surface area (Å²) in [5.41, 5.74) is 0.498. The van der Waals surface area contributed by atoms with Crippen molar-refractivity contribution in [2.24, 2.45) is 0 Å². The van der Waals surface area contributed by atoms with E-state index in [4.69, 9.17) is 11.6 Å². The number of halogens is 1. The average Bonchev–Trinajstić information content (AvgIpc) is 3.02. The molecule has 0 saturated heterocycles. The zero-order chi connectivity index (χ0) is 19.5. The van der Waals surface area contributed by atoms with E-state index in [2.05, 4.69) is 14.8 Å². The fourth-order valence-corrected chi connectivity index (χ4v) is 4.49. The van der Waals surface area contributed by atoms with Crippen LogP contribution in [-0.2, 0) is 31.4 Å². The first kappa shape index (κ1) is 20.4. The van der Waals surface area contributed by atoms with E-state index in [1.54, 1.807) is 24.3 Å². The Balaban J connectivity index is 2.31. The first-order chi connectivity index (χ1) is 12.1. The first-order valence-corrected chi connectivity index (χ1v) is 10.6. The number of nitrogens with zero attached hydrogens (tertiary/aromatic N) is 1. The lowest BCUT2D eigenvalue weighted by atomic mass is 10.3. The van der Waals surface area contributed by atoms with Crippen molar-refractivity contribution in [3.8, 4) is 0 Å². The lowest BCUT2D eigenvalue weighted by Crippen LogP contribution is -2.24. The molecule has 0 aliphatic heterocycles. The Kier molecular flexibility index (Phi) is 6.09. The maximum Gasteiger partial charge on any atom is 0.244 e. The molecular weight excluding hydrogens is 404 g/mol. The van der Waals surface area contributed by atoms with Crippen molar-refractivity contribution in [2.75, 3.05) is 19.4 Å². The van der Waals surface area contributed by atoms with Gasteiger partial charge in [0.2, 0.25) is 26.0 Å². The summed E-state index contributed by atoms with van der Waals surface area (Å²) in [5.74, 6) is -0.468. The topological polar surface area (TPSA) is 126 Å². The number of nitrogens with one attached hydrogen (secondary N) is 3. The molecule has 142 valence electrons. The predicted molar refractivity (Wildman–Crippen MR) is 97.0 cm³/mol. The standard InChI is InChI=1S/C14H17ClN4O5S2/c1-16-25(21,22)12-7-19(8-13(12)26(23,24)17-2)9-14(20)18-11-5-3-10(15)4-6-11/h3-8,16-17H,9H2,1-2H3,(H,18,20). The van der Waals surface area contributed by atoms with Crippen LogP contribution in [0.15, 0.2) is 46.5 Å². The Bertz CT molecular complexity index is 963. The van der Waals surface area contributed by atoms with Gasteiger partial charge in [0.25, 0.3) is 0 Å². The predicted octanol–water partition coefficient (Wildman–Crippen LogP) is 0.596. The number of aromatic nitrogens is 1. The van der Waals surface area contributed by atoms with Crippen LogP contribution in [-0.4, -0.2) is 41.4 Å². The highest BCUT2D eigenvalue weighted by Crippen LogP contribution is 2.22. The highest BCUT2D eigenvalue weighted by molar-refractivity contribution is 7.92. The number of sulfonamides is 2. The van der Waals surface area contributed by atoms with Crippen molar-refractivity contribution in [1.82, 2.24) is 14.0 Å². The molecule has 12 heteroatoms. The van der Waals surface area contributed by atoms with Crippen molar-refractivity contribution >= 4 is 43.2 Å². The molecule has 1 aromatic heterocycles. The largest absolute Gasteiger partial charge is 0.342 e. The molecule has 0 atom stereocenters. The minimum absolute atomic E-state index is 0.284. The van der Waals surface area contributed by atoms with E-state index < -0.39 is 35.7 Å². The second-order valence-electron chi connectivity index (χ2n) is 5.13. The lowest BCUT2D eigenvalue weighted by Gasteiger charge is -2.06. The SMILES string of the molecule is CNS(=O)(=O)c1cn(CC(=O)Nc2ccc(Cl)cc2)cc1S(=O)(=O)NC. The van der Waals surface area contributed by atoms with Crippen LogP contribution in [0.1, 0.15) is 0 Å². The molecular formula is C14H17ClN4O5S2. The third kappa shape index (κ3) is 4.62. The summed E-state index contributed by atoms with van der Waals surface area (Å²) in [5, 5.41) is 3.11. The molecule has 1 heterocycles. The second-order valence-corrected chi connectivity index (χ2v) is 9.28. The minimum atomic E-state index is -4.04. The van der Waals surface area contributed by atoms with Crippen LogP contribution in [0.25, 0.3) is 0 Å². The van der Waals surface area contributed by atoms with Gasteiger partial charge in [-0.05, 0) is 38.4 Å².